The molecule has 0 aromatic carbocycles. The largest absolute Gasteiger partial charge is 0.476 e. The molecule has 0 radical (unpaired) electrons. The second kappa shape index (κ2) is 4.02. The van der Waals surface area contributed by atoms with Crippen LogP contribution in [0.4, 0.5) is 0 Å². The zero-order chi connectivity index (χ0) is 10.8. The minimum Gasteiger partial charge on any atom is -0.476 e. The average Bonchev–Trinajstić information content (AvgIpc) is 2.54. The molecule has 0 bridgehead atoms. The smallest absolute Gasteiger partial charge is 0.356 e. The van der Waals surface area contributed by atoms with E-state index in [1.54, 1.807) is 6.07 Å². The van der Waals surface area contributed by atoms with Crippen molar-refractivity contribution in [2.45, 2.75) is 31.8 Å². The van der Waals surface area contributed by atoms with Crippen molar-refractivity contribution < 1.29 is 9.90 Å². The molecule has 1 aromatic rings. The van der Waals surface area contributed by atoms with Crippen LogP contribution in [0.5, 0.6) is 0 Å². The molecule has 1 atom stereocenters. The lowest BCUT2D eigenvalue weighted by Crippen LogP contribution is -2.18. The number of hydrogen-bond acceptors (Lipinski definition) is 3. The van der Waals surface area contributed by atoms with Gasteiger partial charge in [-0.2, -0.15) is 5.10 Å². The zero-order valence-electron chi connectivity index (χ0n) is 8.73. The number of carboxylic acid groups (broad SMARTS) is 1. The number of fused-ring (bicyclic) bond motifs is 1. The van der Waals surface area contributed by atoms with Crippen LogP contribution in [0.1, 0.15) is 41.5 Å². The molecule has 1 unspecified atom stereocenters. The lowest BCUT2D eigenvalue weighted by atomic mass is 10.1. The molecule has 2 N–H and O–H groups in total. The Morgan fingerprint density at radius 1 is 1.67 bits per heavy atom. The molecule has 82 valence electrons. The number of nitrogens with one attached hydrogen (secondary N) is 1. The van der Waals surface area contributed by atoms with E-state index in [4.69, 9.17) is 5.11 Å². The van der Waals surface area contributed by atoms with E-state index >= 15 is 0 Å². The summed E-state index contributed by atoms with van der Waals surface area (Å²) in [5.74, 6) is -0.953. The van der Waals surface area contributed by atoms with Crippen molar-refractivity contribution in [3.63, 3.8) is 0 Å². The minimum absolute atomic E-state index is 0.146. The summed E-state index contributed by atoms with van der Waals surface area (Å²) in [6, 6.07) is 1.91. The van der Waals surface area contributed by atoms with Gasteiger partial charge in [0.2, 0.25) is 0 Å². The van der Waals surface area contributed by atoms with Gasteiger partial charge in [0.25, 0.3) is 0 Å². The van der Waals surface area contributed by atoms with Gasteiger partial charge >= 0.3 is 5.97 Å². The third-order valence-electron chi connectivity index (χ3n) is 2.85. The topological polar surface area (TPSA) is 67.2 Å². The van der Waals surface area contributed by atoms with Crippen molar-refractivity contribution in [3.8, 4) is 0 Å². The van der Waals surface area contributed by atoms with Crippen LogP contribution in [0.2, 0.25) is 0 Å². The number of carboxylic acids is 1. The van der Waals surface area contributed by atoms with Gasteiger partial charge in [0.1, 0.15) is 0 Å². The van der Waals surface area contributed by atoms with E-state index in [0.29, 0.717) is 0 Å². The molecule has 5 heteroatoms. The summed E-state index contributed by atoms with van der Waals surface area (Å²) in [4.78, 5) is 10.8. The molecule has 1 aliphatic rings. The van der Waals surface area contributed by atoms with Crippen molar-refractivity contribution >= 4 is 5.97 Å². The normalized spacial score (nSPS) is 20.7. The molecule has 0 aliphatic carbocycles. The van der Waals surface area contributed by atoms with Crippen LogP contribution in [0, 0.1) is 0 Å². The summed E-state index contributed by atoms with van der Waals surface area (Å²) in [5.41, 5.74) is 1.14. The first-order valence-electron chi connectivity index (χ1n) is 5.20. The summed E-state index contributed by atoms with van der Waals surface area (Å²) >= 11 is 0. The van der Waals surface area contributed by atoms with Gasteiger partial charge in [-0.1, -0.05) is 0 Å². The Hall–Kier alpha value is -1.36. The summed E-state index contributed by atoms with van der Waals surface area (Å²) in [6.07, 6.45) is 3.25. The van der Waals surface area contributed by atoms with E-state index in [9.17, 15) is 4.79 Å². The molecule has 15 heavy (non-hydrogen) atoms. The first-order valence-corrected chi connectivity index (χ1v) is 5.20. The highest BCUT2D eigenvalue weighted by molar-refractivity contribution is 5.85. The first-order chi connectivity index (χ1) is 7.22. The van der Waals surface area contributed by atoms with Crippen molar-refractivity contribution in [3.05, 3.63) is 17.5 Å². The summed E-state index contributed by atoms with van der Waals surface area (Å²) < 4.78 is 1.82. The van der Waals surface area contributed by atoms with Crippen LogP contribution in [-0.4, -0.2) is 27.9 Å². The second-order valence-corrected chi connectivity index (χ2v) is 3.82. The molecule has 2 heterocycles. The summed E-state index contributed by atoms with van der Waals surface area (Å²) in [5, 5.41) is 16.2. The Morgan fingerprint density at radius 2 is 2.47 bits per heavy atom. The lowest BCUT2D eigenvalue weighted by molar-refractivity contribution is 0.0689. The van der Waals surface area contributed by atoms with E-state index in [2.05, 4.69) is 10.4 Å². The third-order valence-corrected chi connectivity index (χ3v) is 2.85. The third kappa shape index (κ3) is 1.87. The van der Waals surface area contributed by atoms with Crippen LogP contribution in [0.15, 0.2) is 6.07 Å². The maximum Gasteiger partial charge on any atom is 0.356 e. The number of aromatic nitrogens is 2. The number of nitrogens with zero attached hydrogens (tertiary/aromatic N) is 2. The van der Waals surface area contributed by atoms with Crippen LogP contribution in [0.3, 0.4) is 0 Å². The fraction of sp³-hybridized carbons (Fsp3) is 0.600. The monoisotopic (exact) mass is 209 g/mol. The zero-order valence-corrected chi connectivity index (χ0v) is 8.73. The fourth-order valence-electron chi connectivity index (χ4n) is 2.05. The van der Waals surface area contributed by atoms with Crippen molar-refractivity contribution in [1.29, 1.82) is 0 Å². The fourth-order valence-corrected chi connectivity index (χ4v) is 2.05. The number of carbonyl (C=O) groups is 1. The SMILES string of the molecule is CNC1CCCCn2nc(C(=O)O)cc21. The van der Waals surface area contributed by atoms with Crippen molar-refractivity contribution in [1.82, 2.24) is 15.1 Å². The number of aromatic carboxylic acids is 1. The molecule has 0 saturated heterocycles. The highest BCUT2D eigenvalue weighted by Gasteiger charge is 2.21. The second-order valence-electron chi connectivity index (χ2n) is 3.82. The van der Waals surface area contributed by atoms with Gasteiger partial charge in [-0.15, -0.1) is 0 Å². The van der Waals surface area contributed by atoms with Crippen LogP contribution >= 0.6 is 0 Å². The number of aryl methyl sites for hydroxylation is 1. The van der Waals surface area contributed by atoms with Crippen molar-refractivity contribution in [2.75, 3.05) is 7.05 Å². The molecule has 1 aliphatic heterocycles. The van der Waals surface area contributed by atoms with E-state index in [-0.39, 0.29) is 11.7 Å². The Bertz CT molecular complexity index is 373. The van der Waals surface area contributed by atoms with Crippen LogP contribution in [0.25, 0.3) is 0 Å². The van der Waals surface area contributed by atoms with Gasteiger partial charge in [-0.05, 0) is 32.4 Å². The Labute approximate surface area is 88.1 Å². The molecule has 1 aromatic heterocycles. The van der Waals surface area contributed by atoms with E-state index in [1.807, 2.05) is 11.7 Å². The highest BCUT2D eigenvalue weighted by atomic mass is 16.4. The molecular formula is C10H15N3O2. The number of rotatable bonds is 2. The lowest BCUT2D eigenvalue weighted by Gasteiger charge is -2.13. The Kier molecular flexibility index (Phi) is 2.73. The Balaban J connectivity index is 2.37. The summed E-state index contributed by atoms with van der Waals surface area (Å²) in [7, 11) is 1.90. The predicted octanol–water partition coefficient (Wildman–Crippen LogP) is 1.03. The maximum atomic E-state index is 10.8. The van der Waals surface area contributed by atoms with Gasteiger partial charge < -0.3 is 10.4 Å². The highest BCUT2D eigenvalue weighted by Crippen LogP contribution is 2.24. The molecule has 2 rings (SSSR count). The molecule has 5 nitrogen and oxygen atoms in total. The summed E-state index contributed by atoms with van der Waals surface area (Å²) in [6.45, 7) is 0.820. The molecule has 0 saturated carbocycles. The predicted molar refractivity (Wildman–Crippen MR) is 54.8 cm³/mol. The van der Waals surface area contributed by atoms with Crippen LogP contribution < -0.4 is 5.32 Å². The van der Waals surface area contributed by atoms with Gasteiger partial charge in [0, 0.05) is 12.6 Å². The number of hydrogen-bond donors (Lipinski definition) is 2. The van der Waals surface area contributed by atoms with Gasteiger partial charge in [0.15, 0.2) is 5.69 Å². The Morgan fingerprint density at radius 3 is 3.13 bits per heavy atom. The average molecular weight is 209 g/mol. The van der Waals surface area contributed by atoms with E-state index in [0.717, 1.165) is 31.5 Å². The van der Waals surface area contributed by atoms with E-state index < -0.39 is 5.97 Å². The van der Waals surface area contributed by atoms with Crippen LogP contribution in [-0.2, 0) is 6.54 Å². The minimum atomic E-state index is -0.953. The molecule has 0 amide bonds. The van der Waals surface area contributed by atoms with Gasteiger partial charge in [-0.3, -0.25) is 4.68 Å². The van der Waals surface area contributed by atoms with Gasteiger partial charge in [-0.25, -0.2) is 4.79 Å². The molecule has 0 spiro atoms. The molecular weight excluding hydrogens is 194 g/mol. The quantitative estimate of drug-likeness (QED) is 0.763. The first kappa shape index (κ1) is 10.2. The standard InChI is InChI=1S/C10H15N3O2/c1-11-7-4-2-3-5-13-9(7)6-8(12-13)10(14)15/h6-7,11H,2-5H2,1H3,(H,14,15). The van der Waals surface area contributed by atoms with Gasteiger partial charge in [0.05, 0.1) is 5.69 Å². The maximum absolute atomic E-state index is 10.8. The van der Waals surface area contributed by atoms with E-state index in [1.165, 1.54) is 0 Å². The van der Waals surface area contributed by atoms with Crippen molar-refractivity contribution in [2.24, 2.45) is 0 Å². The molecule has 0 fully saturated rings.